The monoisotopic (exact) mass is 206 g/mol. The van der Waals surface area contributed by atoms with Gasteiger partial charge in [-0.15, -0.1) is 0 Å². The average Bonchev–Trinajstić information content (AvgIpc) is 2.51. The molecule has 2 rings (SSSR count). The first-order valence-electron chi connectivity index (χ1n) is 4.63. The fourth-order valence-corrected chi connectivity index (χ4v) is 1.68. The van der Waals surface area contributed by atoms with Crippen LogP contribution < -0.4 is 5.73 Å². The van der Waals surface area contributed by atoms with Crippen LogP contribution >= 0.6 is 0 Å². The molecule has 1 aromatic carbocycles. The number of carbonyl (C=O) groups excluding carboxylic acids is 1. The number of aryl methyl sites for hydroxylation is 1. The molecule has 3 nitrogen and oxygen atoms in total. The van der Waals surface area contributed by atoms with Gasteiger partial charge < -0.3 is 10.7 Å². The molecule has 3 N–H and O–H groups in total. The molecule has 0 aliphatic carbocycles. The smallest absolute Gasteiger partial charge is 0.221 e. The van der Waals surface area contributed by atoms with Gasteiger partial charge in [0.25, 0.3) is 0 Å². The number of carbonyl (C=O) groups is 1. The van der Waals surface area contributed by atoms with E-state index in [-0.39, 0.29) is 12.2 Å². The van der Waals surface area contributed by atoms with Gasteiger partial charge in [-0.3, -0.25) is 4.79 Å². The molecule has 1 amide bonds. The van der Waals surface area contributed by atoms with Crippen LogP contribution in [0.5, 0.6) is 0 Å². The number of hydrogen-bond acceptors (Lipinski definition) is 1. The Hall–Kier alpha value is -1.84. The number of benzene rings is 1. The van der Waals surface area contributed by atoms with Crippen LogP contribution in [0.3, 0.4) is 0 Å². The zero-order valence-corrected chi connectivity index (χ0v) is 8.30. The molecule has 1 heterocycles. The topological polar surface area (TPSA) is 58.9 Å². The SMILES string of the molecule is Cc1cc2c(F)c(CC(N)=O)ccc2[nH]1. The minimum Gasteiger partial charge on any atom is -0.369 e. The molecule has 0 saturated carbocycles. The minimum absolute atomic E-state index is 0.0635. The number of halogens is 1. The normalized spacial score (nSPS) is 10.8. The van der Waals surface area contributed by atoms with Gasteiger partial charge in [0.1, 0.15) is 5.82 Å². The maximum absolute atomic E-state index is 13.8. The summed E-state index contributed by atoms with van der Waals surface area (Å²) in [6.07, 6.45) is -0.0635. The summed E-state index contributed by atoms with van der Waals surface area (Å²) in [6.45, 7) is 1.85. The van der Waals surface area contributed by atoms with Crippen molar-refractivity contribution in [3.8, 4) is 0 Å². The third kappa shape index (κ3) is 1.70. The predicted molar refractivity (Wildman–Crippen MR) is 55.9 cm³/mol. The Labute approximate surface area is 86.1 Å². The van der Waals surface area contributed by atoms with E-state index in [1.54, 1.807) is 18.2 Å². The summed E-state index contributed by atoms with van der Waals surface area (Å²) in [5.41, 5.74) is 6.99. The van der Waals surface area contributed by atoms with Gasteiger partial charge in [0.05, 0.1) is 6.42 Å². The molecular formula is C11H11FN2O. The summed E-state index contributed by atoms with van der Waals surface area (Å²) in [7, 11) is 0. The summed E-state index contributed by atoms with van der Waals surface area (Å²) >= 11 is 0. The highest BCUT2D eigenvalue weighted by atomic mass is 19.1. The zero-order valence-electron chi connectivity index (χ0n) is 8.30. The van der Waals surface area contributed by atoms with Gasteiger partial charge in [-0.05, 0) is 24.6 Å². The van der Waals surface area contributed by atoms with Gasteiger partial charge in [0.2, 0.25) is 5.91 Å². The lowest BCUT2D eigenvalue weighted by Crippen LogP contribution is -2.14. The van der Waals surface area contributed by atoms with Crippen LogP contribution in [0.2, 0.25) is 0 Å². The van der Waals surface area contributed by atoms with Gasteiger partial charge in [0.15, 0.2) is 0 Å². The molecule has 0 spiro atoms. The Morgan fingerprint density at radius 1 is 1.53 bits per heavy atom. The van der Waals surface area contributed by atoms with E-state index in [1.807, 2.05) is 6.92 Å². The van der Waals surface area contributed by atoms with E-state index in [0.717, 1.165) is 11.2 Å². The fourth-order valence-electron chi connectivity index (χ4n) is 1.68. The first kappa shape index (κ1) is 9.71. The maximum atomic E-state index is 13.8. The van der Waals surface area contributed by atoms with E-state index in [4.69, 9.17) is 5.73 Å². The van der Waals surface area contributed by atoms with E-state index >= 15 is 0 Å². The molecule has 15 heavy (non-hydrogen) atoms. The van der Waals surface area contributed by atoms with Crippen molar-refractivity contribution in [2.75, 3.05) is 0 Å². The lowest BCUT2D eigenvalue weighted by atomic mass is 10.1. The van der Waals surface area contributed by atoms with Gasteiger partial charge in [0, 0.05) is 16.6 Å². The second kappa shape index (κ2) is 3.38. The largest absolute Gasteiger partial charge is 0.369 e. The number of hydrogen-bond donors (Lipinski definition) is 2. The van der Waals surface area contributed by atoms with E-state index in [0.29, 0.717) is 10.9 Å². The van der Waals surface area contributed by atoms with Crippen LogP contribution in [0.25, 0.3) is 10.9 Å². The van der Waals surface area contributed by atoms with E-state index in [2.05, 4.69) is 4.98 Å². The Bertz CT molecular complexity index is 531. The Balaban J connectivity index is 2.58. The first-order chi connectivity index (χ1) is 7.08. The van der Waals surface area contributed by atoms with Crippen LogP contribution in [0.15, 0.2) is 18.2 Å². The fraction of sp³-hybridized carbons (Fsp3) is 0.182. The van der Waals surface area contributed by atoms with Crippen molar-refractivity contribution in [1.29, 1.82) is 0 Å². The van der Waals surface area contributed by atoms with E-state index in [9.17, 15) is 9.18 Å². The second-order valence-electron chi connectivity index (χ2n) is 3.60. The quantitative estimate of drug-likeness (QED) is 0.771. The molecule has 78 valence electrons. The number of H-pyrrole nitrogens is 1. The standard InChI is InChI=1S/C11H11FN2O/c1-6-4-8-9(14-6)3-2-7(11(8)12)5-10(13)15/h2-4,14H,5H2,1H3,(H2,13,15). The van der Waals surface area contributed by atoms with Crippen LogP contribution in [0.1, 0.15) is 11.3 Å². The summed E-state index contributed by atoms with van der Waals surface area (Å²) < 4.78 is 13.8. The van der Waals surface area contributed by atoms with Crippen molar-refractivity contribution < 1.29 is 9.18 Å². The highest BCUT2D eigenvalue weighted by molar-refractivity contribution is 5.84. The summed E-state index contributed by atoms with van der Waals surface area (Å²) in [5.74, 6) is -0.892. The molecule has 2 aromatic rings. The van der Waals surface area contributed by atoms with Crippen molar-refractivity contribution in [3.63, 3.8) is 0 Å². The molecule has 4 heteroatoms. The van der Waals surface area contributed by atoms with Gasteiger partial charge >= 0.3 is 0 Å². The van der Waals surface area contributed by atoms with Crippen LogP contribution in [0, 0.1) is 12.7 Å². The maximum Gasteiger partial charge on any atom is 0.221 e. The van der Waals surface area contributed by atoms with Crippen molar-refractivity contribution in [1.82, 2.24) is 4.98 Å². The van der Waals surface area contributed by atoms with Crippen molar-refractivity contribution in [2.45, 2.75) is 13.3 Å². The Morgan fingerprint density at radius 3 is 2.93 bits per heavy atom. The molecule has 1 aromatic heterocycles. The highest BCUT2D eigenvalue weighted by Gasteiger charge is 2.10. The number of aromatic nitrogens is 1. The van der Waals surface area contributed by atoms with Crippen molar-refractivity contribution in [2.24, 2.45) is 5.73 Å². The number of rotatable bonds is 2. The molecule has 0 atom stereocenters. The minimum atomic E-state index is -0.527. The summed E-state index contributed by atoms with van der Waals surface area (Å²) in [4.78, 5) is 13.7. The molecule has 0 fully saturated rings. The lowest BCUT2D eigenvalue weighted by molar-refractivity contribution is -0.117. The third-order valence-electron chi connectivity index (χ3n) is 2.32. The van der Waals surface area contributed by atoms with Gasteiger partial charge in [-0.25, -0.2) is 4.39 Å². The lowest BCUT2D eigenvalue weighted by Gasteiger charge is -2.00. The number of aromatic amines is 1. The third-order valence-corrected chi connectivity index (χ3v) is 2.32. The van der Waals surface area contributed by atoms with E-state index in [1.165, 1.54) is 0 Å². The number of primary amides is 1. The van der Waals surface area contributed by atoms with Crippen LogP contribution in [0.4, 0.5) is 4.39 Å². The van der Waals surface area contributed by atoms with Crippen LogP contribution in [-0.2, 0) is 11.2 Å². The first-order valence-corrected chi connectivity index (χ1v) is 4.63. The molecule has 0 unspecified atom stereocenters. The molecule has 0 saturated heterocycles. The second-order valence-corrected chi connectivity index (χ2v) is 3.60. The van der Waals surface area contributed by atoms with Gasteiger partial charge in [-0.1, -0.05) is 6.07 Å². The molecule has 0 aliphatic heterocycles. The van der Waals surface area contributed by atoms with Crippen molar-refractivity contribution in [3.05, 3.63) is 35.3 Å². The molecular weight excluding hydrogens is 195 g/mol. The predicted octanol–water partition coefficient (Wildman–Crippen LogP) is 1.64. The number of amides is 1. The van der Waals surface area contributed by atoms with Crippen LogP contribution in [-0.4, -0.2) is 10.9 Å². The number of nitrogens with two attached hydrogens (primary N) is 1. The van der Waals surface area contributed by atoms with Gasteiger partial charge in [-0.2, -0.15) is 0 Å². The zero-order chi connectivity index (χ0) is 11.0. The highest BCUT2D eigenvalue weighted by Crippen LogP contribution is 2.22. The van der Waals surface area contributed by atoms with Crippen molar-refractivity contribution >= 4 is 16.8 Å². The molecule has 0 bridgehead atoms. The Kier molecular flexibility index (Phi) is 2.19. The van der Waals surface area contributed by atoms with E-state index < -0.39 is 5.91 Å². The molecule has 0 radical (unpaired) electrons. The Morgan fingerprint density at radius 2 is 2.27 bits per heavy atom. The number of fused-ring (bicyclic) bond motifs is 1. The summed E-state index contributed by atoms with van der Waals surface area (Å²) in [6, 6.07) is 5.05. The molecule has 0 aliphatic rings. The number of nitrogens with one attached hydrogen (secondary N) is 1. The average molecular weight is 206 g/mol. The summed E-state index contributed by atoms with van der Waals surface area (Å²) in [5, 5.41) is 0.506.